The van der Waals surface area contributed by atoms with Gasteiger partial charge in [-0.15, -0.1) is 0 Å². The summed E-state index contributed by atoms with van der Waals surface area (Å²) in [5.41, 5.74) is 4.44. The largest absolute Gasteiger partial charge is 0.382 e. The van der Waals surface area contributed by atoms with Gasteiger partial charge >= 0.3 is 0 Å². The zero-order chi connectivity index (χ0) is 14.9. The van der Waals surface area contributed by atoms with Crippen LogP contribution in [0.3, 0.4) is 0 Å². The summed E-state index contributed by atoms with van der Waals surface area (Å²) in [6.07, 6.45) is 15.0. The zero-order valence-corrected chi connectivity index (χ0v) is 14.1. The minimum atomic E-state index is 0.635. The fraction of sp³-hybridized carbons (Fsp3) is 0.700. The van der Waals surface area contributed by atoms with Gasteiger partial charge < -0.3 is 5.32 Å². The summed E-state index contributed by atoms with van der Waals surface area (Å²) in [7, 11) is 0. The van der Waals surface area contributed by atoms with Crippen LogP contribution in [0.2, 0.25) is 0 Å². The third-order valence-electron chi connectivity index (χ3n) is 4.74. The highest BCUT2D eigenvalue weighted by Crippen LogP contribution is 2.26. The van der Waals surface area contributed by atoms with E-state index in [4.69, 9.17) is 0 Å². The molecule has 1 aromatic rings. The number of nitrogens with one attached hydrogen (secondary N) is 1. The van der Waals surface area contributed by atoms with Gasteiger partial charge in [-0.2, -0.15) is 0 Å². The van der Waals surface area contributed by atoms with Gasteiger partial charge in [0.25, 0.3) is 0 Å². The van der Waals surface area contributed by atoms with Crippen molar-refractivity contribution in [2.75, 3.05) is 5.32 Å². The van der Waals surface area contributed by atoms with Gasteiger partial charge in [-0.3, -0.25) is 0 Å². The van der Waals surface area contributed by atoms with E-state index in [1.807, 2.05) is 0 Å². The molecule has 1 heterocycles. The molecule has 0 bridgehead atoms. The van der Waals surface area contributed by atoms with Crippen molar-refractivity contribution < 1.29 is 0 Å². The van der Waals surface area contributed by atoms with Crippen LogP contribution in [0.4, 0.5) is 5.69 Å². The predicted octanol–water partition coefficient (Wildman–Crippen LogP) is 6.12. The number of anilines is 1. The summed E-state index contributed by atoms with van der Waals surface area (Å²) < 4.78 is 0. The summed E-state index contributed by atoms with van der Waals surface area (Å²) >= 11 is 0. The van der Waals surface area contributed by atoms with Gasteiger partial charge in [-0.1, -0.05) is 64.0 Å². The van der Waals surface area contributed by atoms with Crippen molar-refractivity contribution in [1.29, 1.82) is 0 Å². The molecule has 0 fully saturated rings. The van der Waals surface area contributed by atoms with Gasteiger partial charge in [0.05, 0.1) is 0 Å². The number of aryl methyl sites for hydroxylation is 2. The van der Waals surface area contributed by atoms with Crippen LogP contribution in [-0.2, 0) is 12.8 Å². The molecule has 0 saturated heterocycles. The van der Waals surface area contributed by atoms with Crippen molar-refractivity contribution in [2.45, 2.75) is 90.5 Å². The third kappa shape index (κ3) is 5.73. The second-order valence-electron chi connectivity index (χ2n) is 6.80. The number of benzene rings is 1. The second-order valence-corrected chi connectivity index (χ2v) is 6.80. The maximum atomic E-state index is 3.59. The van der Waals surface area contributed by atoms with Crippen LogP contribution in [0.5, 0.6) is 0 Å². The van der Waals surface area contributed by atoms with E-state index < -0.39 is 0 Å². The van der Waals surface area contributed by atoms with Crippen LogP contribution in [0.25, 0.3) is 0 Å². The van der Waals surface area contributed by atoms with Gasteiger partial charge in [-0.05, 0) is 49.8 Å². The molecule has 0 spiro atoms. The van der Waals surface area contributed by atoms with Gasteiger partial charge in [0.15, 0.2) is 0 Å². The Bertz CT molecular complexity index is 410. The van der Waals surface area contributed by atoms with Gasteiger partial charge in [0, 0.05) is 11.7 Å². The number of fused-ring (bicyclic) bond motifs is 1. The highest BCUT2D eigenvalue weighted by atomic mass is 14.9. The van der Waals surface area contributed by atoms with E-state index in [0.29, 0.717) is 6.04 Å². The van der Waals surface area contributed by atoms with E-state index in [0.717, 1.165) is 0 Å². The first-order valence-electron chi connectivity index (χ1n) is 9.18. The molecule has 0 radical (unpaired) electrons. The Hall–Kier alpha value is -0.980. The monoisotopic (exact) mass is 287 g/mol. The van der Waals surface area contributed by atoms with Crippen LogP contribution in [0, 0.1) is 0 Å². The smallest absolute Gasteiger partial charge is 0.0374 e. The number of hydrogen-bond acceptors (Lipinski definition) is 1. The lowest BCUT2D eigenvalue weighted by molar-refractivity contribution is 0.575. The Morgan fingerprint density at radius 3 is 2.48 bits per heavy atom. The Morgan fingerprint density at radius 2 is 1.71 bits per heavy atom. The summed E-state index contributed by atoms with van der Waals surface area (Å²) in [6, 6.07) is 7.70. The summed E-state index contributed by atoms with van der Waals surface area (Å²) in [6.45, 7) is 4.56. The van der Waals surface area contributed by atoms with Gasteiger partial charge in [0.2, 0.25) is 0 Å². The molecule has 1 N–H and O–H groups in total. The average Bonchev–Trinajstić information content (AvgIpc) is 2.50. The first-order valence-corrected chi connectivity index (χ1v) is 9.18. The van der Waals surface area contributed by atoms with Crippen LogP contribution in [0.15, 0.2) is 18.2 Å². The first kappa shape index (κ1) is 16.4. The van der Waals surface area contributed by atoms with E-state index in [1.54, 1.807) is 0 Å². The van der Waals surface area contributed by atoms with Crippen molar-refractivity contribution in [3.05, 3.63) is 29.3 Å². The van der Waals surface area contributed by atoms with Crippen molar-refractivity contribution in [3.8, 4) is 0 Å². The highest BCUT2D eigenvalue weighted by molar-refractivity contribution is 5.55. The minimum absolute atomic E-state index is 0.635. The molecule has 0 saturated carbocycles. The zero-order valence-electron chi connectivity index (χ0n) is 14.1. The summed E-state index contributed by atoms with van der Waals surface area (Å²) in [4.78, 5) is 0. The molecule has 0 aliphatic carbocycles. The van der Waals surface area contributed by atoms with E-state index in [1.165, 1.54) is 87.4 Å². The lowest BCUT2D eigenvalue weighted by Gasteiger charge is -2.24. The summed E-state index contributed by atoms with van der Waals surface area (Å²) in [5.74, 6) is 0. The average molecular weight is 287 g/mol. The van der Waals surface area contributed by atoms with E-state index in [-0.39, 0.29) is 0 Å². The van der Waals surface area contributed by atoms with Crippen LogP contribution < -0.4 is 5.32 Å². The van der Waals surface area contributed by atoms with Crippen molar-refractivity contribution in [2.24, 2.45) is 0 Å². The molecule has 1 nitrogen and oxygen atoms in total. The Labute approximate surface area is 131 Å². The van der Waals surface area contributed by atoms with E-state index in [9.17, 15) is 0 Å². The molecule has 1 unspecified atom stereocenters. The minimum Gasteiger partial charge on any atom is -0.382 e. The molecule has 21 heavy (non-hydrogen) atoms. The molecule has 0 aromatic heterocycles. The molecule has 1 aliphatic heterocycles. The van der Waals surface area contributed by atoms with Crippen LogP contribution in [-0.4, -0.2) is 6.04 Å². The van der Waals surface area contributed by atoms with Crippen molar-refractivity contribution in [1.82, 2.24) is 0 Å². The SMILES string of the molecule is CCCCCCCCCCc1ccc2c(c1)CCC(C)N2. The number of unbranched alkanes of at least 4 members (excludes halogenated alkanes) is 7. The molecule has 118 valence electrons. The fourth-order valence-corrected chi connectivity index (χ4v) is 3.32. The van der Waals surface area contributed by atoms with Crippen molar-refractivity contribution in [3.63, 3.8) is 0 Å². The Morgan fingerprint density at radius 1 is 1.00 bits per heavy atom. The Balaban J connectivity index is 1.63. The molecule has 0 amide bonds. The predicted molar refractivity (Wildman–Crippen MR) is 94.2 cm³/mol. The van der Waals surface area contributed by atoms with Crippen LogP contribution in [0.1, 0.15) is 82.8 Å². The van der Waals surface area contributed by atoms with Gasteiger partial charge in [0.1, 0.15) is 0 Å². The number of hydrogen-bond donors (Lipinski definition) is 1. The molecular weight excluding hydrogens is 254 g/mol. The molecule has 1 aliphatic rings. The standard InChI is InChI=1S/C20H33N/c1-3-4-5-6-7-8-9-10-11-18-13-15-20-19(16-18)14-12-17(2)21-20/h13,15-17,21H,3-12,14H2,1-2H3. The van der Waals surface area contributed by atoms with E-state index >= 15 is 0 Å². The van der Waals surface area contributed by atoms with Crippen molar-refractivity contribution >= 4 is 5.69 Å². The van der Waals surface area contributed by atoms with E-state index in [2.05, 4.69) is 37.4 Å². The topological polar surface area (TPSA) is 12.0 Å². The first-order chi connectivity index (χ1) is 10.3. The maximum Gasteiger partial charge on any atom is 0.0374 e. The lowest BCUT2D eigenvalue weighted by atomic mass is 9.95. The van der Waals surface area contributed by atoms with Gasteiger partial charge in [-0.25, -0.2) is 0 Å². The quantitative estimate of drug-likeness (QED) is 0.540. The lowest BCUT2D eigenvalue weighted by Crippen LogP contribution is -2.21. The Kier molecular flexibility index (Phi) is 7.12. The molecular formula is C20H33N. The maximum absolute atomic E-state index is 3.59. The molecule has 1 atom stereocenters. The van der Waals surface area contributed by atoms with Crippen LogP contribution >= 0.6 is 0 Å². The molecule has 2 rings (SSSR count). The molecule has 1 aromatic carbocycles. The third-order valence-corrected chi connectivity index (χ3v) is 4.74. The number of rotatable bonds is 9. The molecule has 1 heteroatoms. The second kappa shape index (κ2) is 9.12. The normalized spacial score (nSPS) is 17.3. The fourth-order valence-electron chi connectivity index (χ4n) is 3.32. The summed E-state index contributed by atoms with van der Waals surface area (Å²) in [5, 5.41) is 3.59. The highest BCUT2D eigenvalue weighted by Gasteiger charge is 2.13.